The van der Waals surface area contributed by atoms with Gasteiger partial charge in [0.1, 0.15) is 29.5 Å². The van der Waals surface area contributed by atoms with Gasteiger partial charge in [-0.15, -0.1) is 0 Å². The van der Waals surface area contributed by atoms with Gasteiger partial charge >= 0.3 is 18.1 Å². The molecule has 0 aliphatic rings. The molecular weight excluding hydrogens is 813 g/mol. The smallest absolute Gasteiger partial charge is 0.492 e. The molecule has 0 spiro atoms. The summed E-state index contributed by atoms with van der Waals surface area (Å²) in [5.41, 5.74) is 0.611. The normalized spacial score (nSPS) is 11.5. The van der Waals surface area contributed by atoms with E-state index in [2.05, 4.69) is 23.8 Å². The fourth-order valence-electron chi connectivity index (χ4n) is 6.18. The van der Waals surface area contributed by atoms with Crippen LogP contribution in [0.3, 0.4) is 0 Å². The van der Waals surface area contributed by atoms with E-state index in [9.17, 15) is 14.4 Å². The number of nitrogens with one attached hydrogen (secondary N) is 2. The first-order valence-electron chi connectivity index (χ1n) is 23.9. The summed E-state index contributed by atoms with van der Waals surface area (Å²) >= 11 is 0. The minimum atomic E-state index is -1.05. The largest absolute Gasteiger partial charge is 0.511 e. The topological polar surface area (TPSA) is 186 Å². The number of aromatic amines is 2. The molecule has 3 N–H and O–H groups in total. The molecule has 0 radical (unpaired) electrons. The summed E-state index contributed by atoms with van der Waals surface area (Å²) in [6.45, 7) is 13.2. The minimum absolute atomic E-state index is 0.0120. The molecule has 1 atom stereocenters. The Morgan fingerprint density at radius 1 is 0.492 bits per heavy atom. The predicted octanol–water partition coefficient (Wildman–Crippen LogP) is 10.9. The van der Waals surface area contributed by atoms with Gasteiger partial charge in [0.15, 0.2) is 0 Å². The van der Waals surface area contributed by atoms with Crippen LogP contribution in [0.1, 0.15) is 184 Å². The van der Waals surface area contributed by atoms with Gasteiger partial charge in [0.05, 0.1) is 65.6 Å². The lowest BCUT2D eigenvalue weighted by Crippen LogP contribution is -2.24. The Balaban J connectivity index is 0.000000633. The maximum Gasteiger partial charge on any atom is 0.511 e. The van der Waals surface area contributed by atoms with Gasteiger partial charge in [-0.3, -0.25) is 0 Å². The standard InChI is InChI=1S/C25H45NO7.C23H39NO6/c1-2-3-4-5-6-7-8-9-10-11-13-32-23-21-24(26-22-23)25(28)33-20-19-31-18-17-30-16-15-29-14-12-27;1-5-6-7-8-9-10-11-12-13-14-15-27-20-16-21(24-17-20)22(25)29-19(4)30-23(26)28-18(2)3/h21-22,26-27H,2-20H2,1H3;16-19,24H,5-15H2,1-4H3. The van der Waals surface area contributed by atoms with Crippen molar-refractivity contribution >= 4 is 18.1 Å². The second kappa shape index (κ2) is 40.9. The van der Waals surface area contributed by atoms with Crippen LogP contribution in [0.2, 0.25) is 0 Å². The third-order valence-electron chi connectivity index (χ3n) is 9.59. The Labute approximate surface area is 378 Å². The first-order chi connectivity index (χ1) is 30.7. The molecule has 0 aliphatic carbocycles. The van der Waals surface area contributed by atoms with Crippen molar-refractivity contribution in [3.8, 4) is 11.5 Å². The fourth-order valence-corrected chi connectivity index (χ4v) is 6.18. The number of hydrogen-bond donors (Lipinski definition) is 3. The molecule has 2 heterocycles. The zero-order valence-corrected chi connectivity index (χ0v) is 39.5. The highest BCUT2D eigenvalue weighted by molar-refractivity contribution is 5.88. The summed E-state index contributed by atoms with van der Waals surface area (Å²) in [5.74, 6) is 0.193. The first kappa shape index (κ1) is 57.2. The highest BCUT2D eigenvalue weighted by Gasteiger charge is 2.19. The van der Waals surface area contributed by atoms with Crippen LogP contribution in [0.5, 0.6) is 11.5 Å². The van der Waals surface area contributed by atoms with Crippen LogP contribution in [0, 0.1) is 0 Å². The Morgan fingerprint density at radius 2 is 0.889 bits per heavy atom. The van der Waals surface area contributed by atoms with E-state index in [0.717, 1.165) is 19.3 Å². The zero-order chi connectivity index (χ0) is 46.0. The van der Waals surface area contributed by atoms with Gasteiger partial charge in [0, 0.05) is 31.5 Å². The number of carbonyl (C=O) groups excluding carboxylic acids is 3. The van der Waals surface area contributed by atoms with Gasteiger partial charge < -0.3 is 57.7 Å². The van der Waals surface area contributed by atoms with Gasteiger partial charge in [-0.05, 0) is 26.7 Å². The molecule has 0 aliphatic heterocycles. The van der Waals surface area contributed by atoms with Gasteiger partial charge in [0.25, 0.3) is 0 Å². The lowest BCUT2D eigenvalue weighted by atomic mass is 10.1. The zero-order valence-electron chi connectivity index (χ0n) is 39.5. The number of aliphatic hydroxyl groups is 1. The first-order valence-corrected chi connectivity index (χ1v) is 23.9. The fraction of sp³-hybridized carbons (Fsp3) is 0.771. The molecule has 0 amide bonds. The van der Waals surface area contributed by atoms with Crippen LogP contribution < -0.4 is 9.47 Å². The van der Waals surface area contributed by atoms with Crippen LogP contribution in [-0.2, 0) is 33.2 Å². The highest BCUT2D eigenvalue weighted by atomic mass is 16.8. The molecule has 0 fully saturated rings. The van der Waals surface area contributed by atoms with Crippen molar-refractivity contribution in [3.63, 3.8) is 0 Å². The van der Waals surface area contributed by atoms with Crippen molar-refractivity contribution in [1.82, 2.24) is 9.97 Å². The number of rotatable bonds is 40. The van der Waals surface area contributed by atoms with E-state index < -0.39 is 24.4 Å². The Kier molecular flexibility index (Phi) is 37.2. The number of ether oxygens (including phenoxy) is 9. The molecule has 0 saturated carbocycles. The van der Waals surface area contributed by atoms with Crippen molar-refractivity contribution in [3.05, 3.63) is 35.9 Å². The summed E-state index contributed by atoms with van der Waals surface area (Å²) in [6.07, 6.45) is 26.7. The van der Waals surface area contributed by atoms with Crippen molar-refractivity contribution in [1.29, 1.82) is 0 Å². The minimum Gasteiger partial charge on any atom is -0.492 e. The highest BCUT2D eigenvalue weighted by Crippen LogP contribution is 2.17. The number of aliphatic hydroxyl groups excluding tert-OH is 1. The summed E-state index contributed by atoms with van der Waals surface area (Å²) in [7, 11) is 0. The second-order valence-electron chi connectivity index (χ2n) is 15.8. The van der Waals surface area contributed by atoms with Crippen molar-refractivity contribution in [2.24, 2.45) is 0 Å². The number of H-pyrrole nitrogens is 2. The monoisotopic (exact) mass is 897 g/mol. The SMILES string of the molecule is CCCCCCCCCCCCOc1c[nH]c(C(=O)OC(C)OC(=O)OC(C)C)c1.CCCCCCCCCCCCOc1c[nH]c(C(=O)OCCOCCOCCOCCO)c1. The lowest BCUT2D eigenvalue weighted by molar-refractivity contribution is -0.0869. The quantitative estimate of drug-likeness (QED) is 0.0248. The van der Waals surface area contributed by atoms with Gasteiger partial charge in [-0.2, -0.15) is 0 Å². The van der Waals surface area contributed by atoms with Crippen molar-refractivity contribution < 1.29 is 62.1 Å². The number of carbonyl (C=O) groups is 3. The van der Waals surface area contributed by atoms with E-state index in [4.69, 9.17) is 47.7 Å². The molecule has 15 heteroatoms. The Morgan fingerprint density at radius 3 is 1.32 bits per heavy atom. The molecule has 2 aromatic heterocycles. The maximum absolute atomic E-state index is 12.1. The second-order valence-corrected chi connectivity index (χ2v) is 15.8. The summed E-state index contributed by atoms with van der Waals surface area (Å²) in [5, 5.41) is 8.57. The van der Waals surface area contributed by atoms with Gasteiger partial charge in [-0.1, -0.05) is 129 Å². The Bertz CT molecular complexity index is 1370. The molecule has 0 aromatic carbocycles. The van der Waals surface area contributed by atoms with E-state index in [1.807, 2.05) is 0 Å². The van der Waals surface area contributed by atoms with E-state index in [-0.39, 0.29) is 25.0 Å². The summed E-state index contributed by atoms with van der Waals surface area (Å²) in [4.78, 5) is 41.3. The Hall–Kier alpha value is -3.79. The van der Waals surface area contributed by atoms with E-state index in [0.29, 0.717) is 70.0 Å². The number of esters is 2. The lowest BCUT2D eigenvalue weighted by Gasteiger charge is -2.14. The third-order valence-corrected chi connectivity index (χ3v) is 9.59. The molecule has 0 bridgehead atoms. The molecule has 1 unspecified atom stereocenters. The molecule has 15 nitrogen and oxygen atoms in total. The molecule has 2 rings (SSSR count). The van der Waals surface area contributed by atoms with Gasteiger partial charge in [0.2, 0.25) is 6.29 Å². The van der Waals surface area contributed by atoms with Crippen molar-refractivity contribution in [2.75, 3.05) is 66.1 Å². The molecule has 63 heavy (non-hydrogen) atoms. The van der Waals surface area contributed by atoms with E-state index in [1.54, 1.807) is 38.4 Å². The third kappa shape index (κ3) is 34.3. The van der Waals surface area contributed by atoms with Crippen LogP contribution >= 0.6 is 0 Å². The summed E-state index contributed by atoms with van der Waals surface area (Å²) < 4.78 is 47.1. The molecule has 0 saturated heterocycles. The van der Waals surface area contributed by atoms with Crippen molar-refractivity contribution in [2.45, 2.75) is 175 Å². The summed E-state index contributed by atoms with van der Waals surface area (Å²) in [6, 6.07) is 3.25. The average Bonchev–Trinajstić information content (AvgIpc) is 3.94. The van der Waals surface area contributed by atoms with E-state index in [1.165, 1.54) is 116 Å². The predicted molar refractivity (Wildman–Crippen MR) is 244 cm³/mol. The van der Waals surface area contributed by atoms with Crippen LogP contribution in [0.4, 0.5) is 4.79 Å². The molecule has 2 aromatic rings. The number of aromatic nitrogens is 2. The van der Waals surface area contributed by atoms with Crippen LogP contribution in [0.25, 0.3) is 0 Å². The van der Waals surface area contributed by atoms with Crippen LogP contribution in [0.15, 0.2) is 24.5 Å². The van der Waals surface area contributed by atoms with Crippen LogP contribution in [-0.4, -0.2) is 112 Å². The van der Waals surface area contributed by atoms with E-state index >= 15 is 0 Å². The molecule has 364 valence electrons. The van der Waals surface area contributed by atoms with Gasteiger partial charge in [-0.25, -0.2) is 14.4 Å². The number of hydrogen-bond acceptors (Lipinski definition) is 13. The maximum atomic E-state index is 12.1. The average molecular weight is 897 g/mol. The number of unbranched alkanes of at least 4 members (excludes halogenated alkanes) is 18. The molecular formula is C48H84N2O13.